The van der Waals surface area contributed by atoms with Gasteiger partial charge in [-0.1, -0.05) is 18.2 Å². The van der Waals surface area contributed by atoms with Crippen LogP contribution in [0.2, 0.25) is 0 Å². The Hall–Kier alpha value is -2.69. The second-order valence-corrected chi connectivity index (χ2v) is 6.01. The molecule has 0 saturated heterocycles. The van der Waals surface area contributed by atoms with E-state index in [0.717, 1.165) is 29.0 Å². The lowest BCUT2D eigenvalue weighted by Crippen LogP contribution is -2.28. The molecule has 1 amide bonds. The van der Waals surface area contributed by atoms with E-state index in [1.54, 1.807) is 0 Å². The fourth-order valence-electron chi connectivity index (χ4n) is 2.82. The van der Waals surface area contributed by atoms with Crippen LogP contribution >= 0.6 is 0 Å². The van der Waals surface area contributed by atoms with Gasteiger partial charge in [-0.2, -0.15) is 0 Å². The minimum absolute atomic E-state index is 0.0214. The van der Waals surface area contributed by atoms with Gasteiger partial charge in [-0.3, -0.25) is 4.79 Å². The molecule has 1 unspecified atom stereocenters. The first-order chi connectivity index (χ1) is 12.2. The highest BCUT2D eigenvalue weighted by Crippen LogP contribution is 2.35. The number of carbonyl (C=O) groups is 1. The Labute approximate surface area is 147 Å². The van der Waals surface area contributed by atoms with Gasteiger partial charge in [0.1, 0.15) is 23.4 Å². The highest BCUT2D eigenvalue weighted by Gasteiger charge is 2.22. The third-order valence-electron chi connectivity index (χ3n) is 3.97. The van der Waals surface area contributed by atoms with Gasteiger partial charge in [0.25, 0.3) is 5.91 Å². The minimum Gasteiger partial charge on any atom is -0.494 e. The van der Waals surface area contributed by atoms with Crippen LogP contribution in [0.4, 0.5) is 0 Å². The van der Waals surface area contributed by atoms with Gasteiger partial charge in [0.2, 0.25) is 0 Å². The van der Waals surface area contributed by atoms with Crippen LogP contribution in [0, 0.1) is 0 Å². The Kier molecular flexibility index (Phi) is 5.43. The Bertz CT molecular complexity index is 730. The fourth-order valence-corrected chi connectivity index (χ4v) is 2.82. The molecule has 2 aromatic carbocycles. The SMILES string of the molecule is CCOc1cc2c(cc1CNC(=O)COc1ccccc1)OC(C)C2. The molecule has 5 heteroatoms. The maximum atomic E-state index is 12.0. The largest absolute Gasteiger partial charge is 0.494 e. The van der Waals surface area contributed by atoms with Crippen molar-refractivity contribution in [2.75, 3.05) is 13.2 Å². The molecule has 1 aliphatic heterocycles. The molecule has 132 valence electrons. The van der Waals surface area contributed by atoms with E-state index in [9.17, 15) is 4.79 Å². The smallest absolute Gasteiger partial charge is 0.258 e. The lowest BCUT2D eigenvalue weighted by molar-refractivity contribution is -0.123. The molecule has 0 spiro atoms. The Morgan fingerprint density at radius 1 is 1.24 bits per heavy atom. The van der Waals surface area contributed by atoms with Crippen LogP contribution in [-0.4, -0.2) is 25.2 Å². The number of hydrogen-bond acceptors (Lipinski definition) is 4. The van der Waals surface area contributed by atoms with Crippen LogP contribution in [-0.2, 0) is 17.8 Å². The van der Waals surface area contributed by atoms with Crippen LogP contribution in [0.5, 0.6) is 17.2 Å². The number of amides is 1. The lowest BCUT2D eigenvalue weighted by Gasteiger charge is -2.13. The first-order valence-electron chi connectivity index (χ1n) is 8.55. The molecule has 1 N–H and O–H groups in total. The molecule has 1 heterocycles. The molecule has 0 aliphatic carbocycles. The third-order valence-corrected chi connectivity index (χ3v) is 3.97. The van der Waals surface area contributed by atoms with Crippen molar-refractivity contribution in [3.8, 4) is 17.2 Å². The summed E-state index contributed by atoms with van der Waals surface area (Å²) in [4.78, 5) is 12.0. The summed E-state index contributed by atoms with van der Waals surface area (Å²) < 4.78 is 17.0. The predicted molar refractivity (Wildman–Crippen MR) is 95.2 cm³/mol. The van der Waals surface area contributed by atoms with E-state index in [4.69, 9.17) is 14.2 Å². The van der Waals surface area contributed by atoms with E-state index in [0.29, 0.717) is 18.9 Å². The van der Waals surface area contributed by atoms with Crippen LogP contribution in [0.15, 0.2) is 42.5 Å². The monoisotopic (exact) mass is 341 g/mol. The molecule has 0 fully saturated rings. The number of ether oxygens (including phenoxy) is 3. The summed E-state index contributed by atoms with van der Waals surface area (Å²) in [5.74, 6) is 2.16. The van der Waals surface area contributed by atoms with E-state index in [2.05, 4.69) is 5.32 Å². The van der Waals surface area contributed by atoms with Crippen molar-refractivity contribution >= 4 is 5.91 Å². The van der Waals surface area contributed by atoms with E-state index in [-0.39, 0.29) is 18.6 Å². The average molecular weight is 341 g/mol. The van der Waals surface area contributed by atoms with Crippen LogP contribution in [0.25, 0.3) is 0 Å². The second-order valence-electron chi connectivity index (χ2n) is 6.01. The van der Waals surface area contributed by atoms with Crippen molar-refractivity contribution in [3.05, 3.63) is 53.6 Å². The number of rotatable bonds is 7. The molecule has 3 rings (SSSR count). The summed E-state index contributed by atoms with van der Waals surface area (Å²) in [7, 11) is 0. The van der Waals surface area contributed by atoms with Crippen molar-refractivity contribution < 1.29 is 19.0 Å². The van der Waals surface area contributed by atoms with Crippen molar-refractivity contribution in [2.24, 2.45) is 0 Å². The summed E-state index contributed by atoms with van der Waals surface area (Å²) in [6.07, 6.45) is 1.06. The summed E-state index contributed by atoms with van der Waals surface area (Å²) in [5.41, 5.74) is 2.06. The van der Waals surface area contributed by atoms with Crippen LogP contribution < -0.4 is 19.5 Å². The van der Waals surface area contributed by atoms with E-state index in [1.165, 1.54) is 0 Å². The zero-order chi connectivity index (χ0) is 17.6. The topological polar surface area (TPSA) is 56.8 Å². The number of para-hydroxylation sites is 1. The number of carbonyl (C=O) groups excluding carboxylic acids is 1. The number of nitrogens with one attached hydrogen (secondary N) is 1. The molecular weight excluding hydrogens is 318 g/mol. The van der Waals surface area contributed by atoms with Crippen LogP contribution in [0.3, 0.4) is 0 Å². The maximum absolute atomic E-state index is 12.0. The number of benzene rings is 2. The molecule has 1 aliphatic rings. The fraction of sp³-hybridized carbons (Fsp3) is 0.350. The lowest BCUT2D eigenvalue weighted by atomic mass is 10.1. The van der Waals surface area contributed by atoms with Gasteiger partial charge in [0.05, 0.1) is 6.61 Å². The van der Waals surface area contributed by atoms with E-state index >= 15 is 0 Å². The minimum atomic E-state index is -0.180. The molecular formula is C20H23NO4. The highest BCUT2D eigenvalue weighted by molar-refractivity contribution is 5.77. The van der Waals surface area contributed by atoms with Gasteiger partial charge in [-0.25, -0.2) is 0 Å². The summed E-state index contributed by atoms with van der Waals surface area (Å²) >= 11 is 0. The van der Waals surface area contributed by atoms with Crippen molar-refractivity contribution in [3.63, 3.8) is 0 Å². The zero-order valence-corrected chi connectivity index (χ0v) is 14.6. The highest BCUT2D eigenvalue weighted by atomic mass is 16.5. The quantitative estimate of drug-likeness (QED) is 0.841. The van der Waals surface area contributed by atoms with E-state index < -0.39 is 0 Å². The standard InChI is InChI=1S/C20H23NO4/c1-3-23-18-10-15-9-14(2)25-19(15)11-16(18)12-21-20(22)13-24-17-7-5-4-6-8-17/h4-8,10-11,14H,3,9,12-13H2,1-2H3,(H,21,22). The van der Waals surface area contributed by atoms with Crippen LogP contribution in [0.1, 0.15) is 25.0 Å². The van der Waals surface area contributed by atoms with Crippen molar-refractivity contribution in [2.45, 2.75) is 32.9 Å². The summed E-state index contributed by atoms with van der Waals surface area (Å²) in [6.45, 7) is 4.92. The van der Waals surface area contributed by atoms with Gasteiger partial charge < -0.3 is 19.5 Å². The number of hydrogen-bond donors (Lipinski definition) is 1. The first kappa shape index (κ1) is 17.1. The first-order valence-corrected chi connectivity index (χ1v) is 8.55. The number of fused-ring (bicyclic) bond motifs is 1. The van der Waals surface area contributed by atoms with Gasteiger partial charge in [-0.15, -0.1) is 0 Å². The van der Waals surface area contributed by atoms with Gasteiger partial charge in [0.15, 0.2) is 6.61 Å². The summed E-state index contributed by atoms with van der Waals surface area (Å²) in [6, 6.07) is 13.3. The third kappa shape index (κ3) is 4.44. The summed E-state index contributed by atoms with van der Waals surface area (Å²) in [5, 5.41) is 2.87. The van der Waals surface area contributed by atoms with Crippen molar-refractivity contribution in [1.82, 2.24) is 5.32 Å². The second kappa shape index (κ2) is 7.92. The van der Waals surface area contributed by atoms with Gasteiger partial charge in [-0.05, 0) is 38.1 Å². The normalized spacial score (nSPS) is 15.2. The van der Waals surface area contributed by atoms with Crippen molar-refractivity contribution in [1.29, 1.82) is 0 Å². The molecule has 0 radical (unpaired) electrons. The van der Waals surface area contributed by atoms with E-state index in [1.807, 2.05) is 56.3 Å². The molecule has 2 aromatic rings. The predicted octanol–water partition coefficient (Wildman–Crippen LogP) is 3.10. The van der Waals surface area contributed by atoms with Gasteiger partial charge in [0, 0.05) is 24.1 Å². The molecule has 25 heavy (non-hydrogen) atoms. The molecule has 1 atom stereocenters. The molecule has 0 saturated carbocycles. The molecule has 0 aromatic heterocycles. The molecule has 0 bridgehead atoms. The van der Waals surface area contributed by atoms with Gasteiger partial charge >= 0.3 is 0 Å². The maximum Gasteiger partial charge on any atom is 0.258 e. The zero-order valence-electron chi connectivity index (χ0n) is 14.6. The molecule has 5 nitrogen and oxygen atoms in total. The Morgan fingerprint density at radius 3 is 2.80 bits per heavy atom. The Morgan fingerprint density at radius 2 is 2.04 bits per heavy atom. The Balaban J connectivity index is 1.60. The average Bonchev–Trinajstić information content (AvgIpc) is 2.98.